The Morgan fingerprint density at radius 3 is 2.73 bits per heavy atom. The summed E-state index contributed by atoms with van der Waals surface area (Å²) in [6, 6.07) is 14.9. The maximum Gasteiger partial charge on any atom is 0.326 e. The molecule has 0 bridgehead atoms. The van der Waals surface area contributed by atoms with Gasteiger partial charge in [0.15, 0.2) is 11.6 Å². The Hall–Kier alpha value is -5.00. The van der Waals surface area contributed by atoms with Gasteiger partial charge in [-0.15, -0.1) is 0 Å². The molecule has 12 heteroatoms. The van der Waals surface area contributed by atoms with Crippen LogP contribution in [0.1, 0.15) is 36.9 Å². The topological polar surface area (TPSA) is 145 Å². The Kier molecular flexibility index (Phi) is 10.6. The number of aromatic nitrogens is 4. The molecule has 1 aliphatic rings. The minimum atomic E-state index is -1.07. The Balaban J connectivity index is 1.13. The number of benzene rings is 2. The Labute approximate surface area is 261 Å². The van der Waals surface area contributed by atoms with E-state index in [1.54, 1.807) is 24.5 Å². The highest BCUT2D eigenvalue weighted by Crippen LogP contribution is 2.30. The Morgan fingerprint density at radius 2 is 1.98 bits per heavy atom. The van der Waals surface area contributed by atoms with Crippen LogP contribution in [0, 0.1) is 11.7 Å². The number of carbonyl (C=O) groups is 2. The van der Waals surface area contributed by atoms with Gasteiger partial charge in [0.1, 0.15) is 18.1 Å². The molecule has 0 spiro atoms. The minimum Gasteiger partial charge on any atom is -0.496 e. The summed E-state index contributed by atoms with van der Waals surface area (Å²) < 4.78 is 20.8. The third kappa shape index (κ3) is 8.14. The number of nitrogens with one attached hydrogen (secondary N) is 3. The summed E-state index contributed by atoms with van der Waals surface area (Å²) in [6.45, 7) is 1.22. The third-order valence-corrected chi connectivity index (χ3v) is 8.05. The molecule has 2 aromatic carbocycles. The number of hydrogen-bond donors (Lipinski definition) is 4. The van der Waals surface area contributed by atoms with E-state index >= 15 is 4.39 Å². The normalized spacial score (nSPS) is 15.3. The Bertz CT molecular complexity index is 1570. The lowest BCUT2D eigenvalue weighted by Gasteiger charge is -2.33. The average Bonchev–Trinajstić information content (AvgIpc) is 3.59. The van der Waals surface area contributed by atoms with Crippen molar-refractivity contribution in [3.05, 3.63) is 84.5 Å². The van der Waals surface area contributed by atoms with Crippen LogP contribution in [0.5, 0.6) is 5.75 Å². The van der Waals surface area contributed by atoms with Gasteiger partial charge in [0.05, 0.1) is 19.4 Å². The van der Waals surface area contributed by atoms with Gasteiger partial charge in [-0.05, 0) is 49.3 Å². The second-order valence-electron chi connectivity index (χ2n) is 11.1. The van der Waals surface area contributed by atoms with Crippen molar-refractivity contribution in [1.82, 2.24) is 25.3 Å². The molecule has 4 aromatic rings. The van der Waals surface area contributed by atoms with Crippen LogP contribution in [0.15, 0.2) is 67.4 Å². The first-order valence-electron chi connectivity index (χ1n) is 15.1. The first-order valence-corrected chi connectivity index (χ1v) is 15.1. The highest BCUT2D eigenvalue weighted by Gasteiger charge is 2.31. The molecule has 2 atom stereocenters. The fourth-order valence-corrected chi connectivity index (χ4v) is 5.62. The van der Waals surface area contributed by atoms with Crippen LogP contribution >= 0.6 is 0 Å². The highest BCUT2D eigenvalue weighted by atomic mass is 19.1. The number of methoxy groups -OCH3 is 1. The van der Waals surface area contributed by atoms with Gasteiger partial charge in [0, 0.05) is 43.5 Å². The predicted octanol–water partition coefficient (Wildman–Crippen LogP) is 4.48. The lowest BCUT2D eigenvalue weighted by Crippen LogP contribution is -2.48. The van der Waals surface area contributed by atoms with Crippen molar-refractivity contribution in [3.8, 4) is 16.9 Å². The smallest absolute Gasteiger partial charge is 0.326 e. The van der Waals surface area contributed by atoms with Crippen molar-refractivity contribution in [2.24, 2.45) is 5.92 Å². The Morgan fingerprint density at radius 1 is 1.16 bits per heavy atom. The number of aromatic amines is 1. The van der Waals surface area contributed by atoms with E-state index in [4.69, 9.17) is 4.74 Å². The molecule has 5 rings (SSSR count). The molecule has 0 aliphatic carbocycles. The molecule has 0 radical (unpaired) electrons. The largest absolute Gasteiger partial charge is 0.496 e. The number of hydrogen-bond acceptors (Lipinski definition) is 8. The van der Waals surface area contributed by atoms with Gasteiger partial charge >= 0.3 is 5.97 Å². The van der Waals surface area contributed by atoms with Crippen molar-refractivity contribution in [2.45, 2.75) is 44.6 Å². The number of aryl methyl sites for hydroxylation is 1. The molecule has 2 aromatic heterocycles. The van der Waals surface area contributed by atoms with E-state index in [1.165, 1.54) is 6.33 Å². The first kappa shape index (κ1) is 31.4. The van der Waals surface area contributed by atoms with E-state index in [2.05, 4.69) is 30.6 Å². The lowest BCUT2D eigenvalue weighted by atomic mass is 9.96. The summed E-state index contributed by atoms with van der Waals surface area (Å²) in [4.78, 5) is 42.1. The second kappa shape index (κ2) is 15.1. The monoisotopic (exact) mass is 615 g/mol. The molecule has 1 unspecified atom stereocenters. The van der Waals surface area contributed by atoms with Crippen LogP contribution in [-0.2, 0) is 22.4 Å². The summed E-state index contributed by atoms with van der Waals surface area (Å²) in [5, 5.41) is 15.6. The number of halogens is 1. The maximum absolute atomic E-state index is 15.4. The van der Waals surface area contributed by atoms with E-state index in [1.807, 2.05) is 48.5 Å². The summed E-state index contributed by atoms with van der Waals surface area (Å²) in [6.07, 6.45) is 7.99. The van der Waals surface area contributed by atoms with Gasteiger partial charge in [0.25, 0.3) is 0 Å². The SMILES string of the molecule is COc1ccccc1-c1ccc(CCC[C@H](NC(=O)C2CCCN(c3ncnc(NCCc4cnc[nH]4)c3F)C2)C(=O)O)cc1. The molecular weight excluding hydrogens is 577 g/mol. The van der Waals surface area contributed by atoms with E-state index in [0.29, 0.717) is 51.6 Å². The standard InChI is InChI=1S/C33H38FN7O4/c1-45-28-10-3-2-8-26(28)23-13-11-22(12-14-23)6-4-9-27(33(43)44)40-32(42)24-7-5-17-41(19-24)31-29(34)30(38-21-39-31)36-16-15-25-18-35-20-37-25/h2-3,8,10-14,18,20-21,24,27H,4-7,9,15-17,19H2,1H3,(H,35,37)(H,40,42)(H,43,44)(H,36,38,39)/t24?,27-/m0/s1. The fraction of sp³-hybridized carbons (Fsp3) is 0.364. The molecule has 1 aliphatic heterocycles. The molecule has 3 heterocycles. The quantitative estimate of drug-likeness (QED) is 0.161. The first-order chi connectivity index (χ1) is 21.9. The number of para-hydroxylation sites is 1. The number of piperidine rings is 1. The average molecular weight is 616 g/mol. The molecule has 1 amide bonds. The van der Waals surface area contributed by atoms with Crippen LogP contribution in [0.4, 0.5) is 16.0 Å². The molecule has 1 saturated heterocycles. The number of carbonyl (C=O) groups excluding carboxylic acids is 1. The zero-order valence-corrected chi connectivity index (χ0v) is 25.2. The van der Waals surface area contributed by atoms with Crippen molar-refractivity contribution < 1.29 is 23.8 Å². The van der Waals surface area contributed by atoms with Gasteiger partial charge in [-0.2, -0.15) is 4.39 Å². The second-order valence-corrected chi connectivity index (χ2v) is 11.1. The van der Waals surface area contributed by atoms with E-state index < -0.39 is 23.7 Å². The maximum atomic E-state index is 15.4. The number of carboxylic acid groups (broad SMARTS) is 1. The molecule has 45 heavy (non-hydrogen) atoms. The van der Waals surface area contributed by atoms with Crippen molar-refractivity contribution in [1.29, 1.82) is 0 Å². The van der Waals surface area contributed by atoms with E-state index in [-0.39, 0.29) is 24.1 Å². The molecule has 4 N–H and O–H groups in total. The number of anilines is 2. The van der Waals surface area contributed by atoms with Crippen molar-refractivity contribution in [2.75, 3.05) is 37.0 Å². The number of carboxylic acids is 1. The summed E-state index contributed by atoms with van der Waals surface area (Å²) in [5.41, 5.74) is 4.03. The number of amides is 1. The van der Waals surface area contributed by atoms with Crippen molar-refractivity contribution in [3.63, 3.8) is 0 Å². The fourth-order valence-electron chi connectivity index (χ4n) is 5.62. The predicted molar refractivity (Wildman–Crippen MR) is 169 cm³/mol. The number of nitrogens with zero attached hydrogens (tertiary/aromatic N) is 4. The van der Waals surface area contributed by atoms with Crippen LogP contribution in [-0.4, -0.2) is 69.7 Å². The number of imidazole rings is 1. The minimum absolute atomic E-state index is 0.0893. The summed E-state index contributed by atoms with van der Waals surface area (Å²) in [5.74, 6) is -1.48. The van der Waals surface area contributed by atoms with Crippen LogP contribution in [0.3, 0.4) is 0 Å². The van der Waals surface area contributed by atoms with Gasteiger partial charge < -0.3 is 30.4 Å². The third-order valence-electron chi connectivity index (χ3n) is 8.05. The molecule has 0 saturated carbocycles. The van der Waals surface area contributed by atoms with E-state index in [0.717, 1.165) is 28.1 Å². The van der Waals surface area contributed by atoms with Gasteiger partial charge in [-0.25, -0.2) is 19.7 Å². The van der Waals surface area contributed by atoms with E-state index in [9.17, 15) is 14.7 Å². The summed E-state index contributed by atoms with van der Waals surface area (Å²) >= 11 is 0. The zero-order valence-electron chi connectivity index (χ0n) is 25.2. The lowest BCUT2D eigenvalue weighted by molar-refractivity contribution is -0.142. The number of aliphatic carboxylic acids is 1. The highest BCUT2D eigenvalue weighted by molar-refractivity contribution is 5.85. The van der Waals surface area contributed by atoms with Gasteiger partial charge in [0.2, 0.25) is 11.7 Å². The molecule has 236 valence electrons. The zero-order chi connectivity index (χ0) is 31.6. The van der Waals surface area contributed by atoms with Crippen LogP contribution in [0.2, 0.25) is 0 Å². The number of ether oxygens (including phenoxy) is 1. The van der Waals surface area contributed by atoms with Gasteiger partial charge in [-0.3, -0.25) is 4.79 Å². The van der Waals surface area contributed by atoms with Crippen LogP contribution < -0.4 is 20.3 Å². The number of H-pyrrole nitrogens is 1. The summed E-state index contributed by atoms with van der Waals surface area (Å²) in [7, 11) is 1.65. The molecule has 11 nitrogen and oxygen atoms in total. The van der Waals surface area contributed by atoms with Crippen LogP contribution in [0.25, 0.3) is 11.1 Å². The molecule has 1 fully saturated rings. The van der Waals surface area contributed by atoms with Gasteiger partial charge in [-0.1, -0.05) is 42.5 Å². The molecular formula is C33H38FN7O4. The van der Waals surface area contributed by atoms with Crippen molar-refractivity contribution >= 4 is 23.5 Å². The number of rotatable bonds is 14.